The van der Waals surface area contributed by atoms with Gasteiger partial charge in [-0.15, -0.1) is 0 Å². The van der Waals surface area contributed by atoms with Crippen molar-refractivity contribution in [3.63, 3.8) is 0 Å². The minimum absolute atomic E-state index is 0.729. The highest BCUT2D eigenvalue weighted by atomic mass is 35.5. The van der Waals surface area contributed by atoms with E-state index in [0.29, 0.717) is 0 Å². The lowest BCUT2D eigenvalue weighted by Gasteiger charge is -2.09. The normalized spacial score (nSPS) is 11.0. The van der Waals surface area contributed by atoms with Crippen LogP contribution in [0.5, 0.6) is 0 Å². The minimum Gasteiger partial charge on any atom is -0.228 e. The Bertz CT molecular complexity index is 1050. The van der Waals surface area contributed by atoms with Crippen LogP contribution in [0.3, 0.4) is 0 Å². The summed E-state index contributed by atoms with van der Waals surface area (Å²) in [6.45, 7) is 2.07. The van der Waals surface area contributed by atoms with E-state index in [9.17, 15) is 0 Å². The molecule has 1 aromatic heterocycles. The molecule has 0 radical (unpaired) electrons. The average Bonchev–Trinajstić information content (AvgIpc) is 2.64. The van der Waals surface area contributed by atoms with Gasteiger partial charge in [-0.1, -0.05) is 83.5 Å². The molecule has 0 saturated heterocycles. The summed E-state index contributed by atoms with van der Waals surface area (Å²) in [5.41, 5.74) is 3.16. The van der Waals surface area contributed by atoms with Gasteiger partial charge in [0.15, 0.2) is 5.82 Å². The van der Waals surface area contributed by atoms with Crippen molar-refractivity contribution in [2.24, 2.45) is 0 Å². The number of nitrogens with zero attached hydrogens (tertiary/aromatic N) is 2. The molecule has 2 nitrogen and oxygen atoms in total. The fourth-order valence-electron chi connectivity index (χ4n) is 2.59. The summed E-state index contributed by atoms with van der Waals surface area (Å²) in [5, 5.41) is 2.67. The van der Waals surface area contributed by atoms with Gasteiger partial charge in [-0.25, -0.2) is 9.97 Å². The Kier molecular flexibility index (Phi) is 4.43. The van der Waals surface area contributed by atoms with E-state index < -0.39 is 0 Å². The van der Waals surface area contributed by atoms with Crippen LogP contribution in [0.15, 0.2) is 82.7 Å². The second-order valence-electron chi connectivity index (χ2n) is 5.77. The number of benzene rings is 3. The number of aromatic nitrogens is 2. The maximum Gasteiger partial charge on any atom is 0.161 e. The number of halogens is 1. The first-order chi connectivity index (χ1) is 12.2. The summed E-state index contributed by atoms with van der Waals surface area (Å²) < 4.78 is 0. The summed E-state index contributed by atoms with van der Waals surface area (Å²) in [6.07, 6.45) is 0. The number of para-hydroxylation sites is 1. The van der Waals surface area contributed by atoms with Crippen LogP contribution in [0.2, 0.25) is 5.02 Å². The maximum atomic E-state index is 6.34. The zero-order chi connectivity index (χ0) is 17.2. The highest BCUT2D eigenvalue weighted by Crippen LogP contribution is 2.36. The van der Waals surface area contributed by atoms with E-state index in [0.717, 1.165) is 37.2 Å². The second kappa shape index (κ2) is 6.87. The number of hydrogen-bond acceptors (Lipinski definition) is 3. The SMILES string of the molecule is Cc1ccc(-c2nc(Sc3ccccc3Cl)c3ccccc3n2)cc1. The van der Waals surface area contributed by atoms with E-state index in [1.807, 2.05) is 48.5 Å². The van der Waals surface area contributed by atoms with Crippen LogP contribution >= 0.6 is 23.4 Å². The predicted molar refractivity (Wildman–Crippen MR) is 105 cm³/mol. The van der Waals surface area contributed by atoms with Gasteiger partial charge in [0, 0.05) is 15.8 Å². The zero-order valence-corrected chi connectivity index (χ0v) is 15.2. The standard InChI is InChI=1S/C21H15ClN2S/c1-14-10-12-15(13-11-14)20-23-18-8-4-2-6-16(18)21(24-20)25-19-9-5-3-7-17(19)22/h2-13H,1H3. The van der Waals surface area contributed by atoms with E-state index in [-0.39, 0.29) is 0 Å². The van der Waals surface area contributed by atoms with Gasteiger partial charge in [-0.2, -0.15) is 0 Å². The van der Waals surface area contributed by atoms with Crippen molar-refractivity contribution in [2.75, 3.05) is 0 Å². The molecule has 0 bridgehead atoms. The van der Waals surface area contributed by atoms with E-state index >= 15 is 0 Å². The number of aryl methyl sites for hydroxylation is 1. The van der Waals surface area contributed by atoms with Crippen LogP contribution in [-0.2, 0) is 0 Å². The van der Waals surface area contributed by atoms with Crippen molar-refractivity contribution in [3.05, 3.63) is 83.4 Å². The zero-order valence-electron chi connectivity index (χ0n) is 13.6. The van der Waals surface area contributed by atoms with Gasteiger partial charge in [-0.05, 0) is 25.1 Å². The lowest BCUT2D eigenvalue weighted by Crippen LogP contribution is -1.94. The van der Waals surface area contributed by atoms with Gasteiger partial charge in [0.05, 0.1) is 10.5 Å². The summed E-state index contributed by atoms with van der Waals surface area (Å²) >= 11 is 7.91. The molecule has 0 aliphatic rings. The van der Waals surface area contributed by atoms with Crippen LogP contribution in [0.4, 0.5) is 0 Å². The van der Waals surface area contributed by atoms with E-state index in [4.69, 9.17) is 21.6 Å². The highest BCUT2D eigenvalue weighted by Gasteiger charge is 2.12. The van der Waals surface area contributed by atoms with Crippen molar-refractivity contribution in [3.8, 4) is 11.4 Å². The first-order valence-corrected chi connectivity index (χ1v) is 9.16. The Hall–Kier alpha value is -2.36. The van der Waals surface area contributed by atoms with Crippen molar-refractivity contribution in [1.29, 1.82) is 0 Å². The molecule has 3 aromatic carbocycles. The molecule has 0 aliphatic heterocycles. The molecule has 25 heavy (non-hydrogen) atoms. The third-order valence-corrected chi connectivity index (χ3v) is 5.44. The van der Waals surface area contributed by atoms with Crippen molar-refractivity contribution >= 4 is 34.3 Å². The molecule has 0 N–H and O–H groups in total. The van der Waals surface area contributed by atoms with Gasteiger partial charge in [0.25, 0.3) is 0 Å². The van der Waals surface area contributed by atoms with Gasteiger partial charge >= 0.3 is 0 Å². The molecule has 122 valence electrons. The highest BCUT2D eigenvalue weighted by molar-refractivity contribution is 7.99. The molecule has 4 aromatic rings. The molecule has 0 fully saturated rings. The van der Waals surface area contributed by atoms with Gasteiger partial charge < -0.3 is 0 Å². The Labute approximate surface area is 155 Å². The van der Waals surface area contributed by atoms with Crippen molar-refractivity contribution in [2.45, 2.75) is 16.8 Å². The summed E-state index contributed by atoms with van der Waals surface area (Å²) in [5.74, 6) is 0.730. The molecule has 0 aliphatic carbocycles. The van der Waals surface area contributed by atoms with Crippen molar-refractivity contribution in [1.82, 2.24) is 9.97 Å². The maximum absolute atomic E-state index is 6.34. The fraction of sp³-hybridized carbons (Fsp3) is 0.0476. The summed E-state index contributed by atoms with van der Waals surface area (Å²) in [6, 6.07) is 24.2. The molecule has 0 saturated carbocycles. The van der Waals surface area contributed by atoms with Gasteiger partial charge in [0.1, 0.15) is 5.03 Å². The van der Waals surface area contributed by atoms with Crippen LogP contribution in [-0.4, -0.2) is 9.97 Å². The van der Waals surface area contributed by atoms with Gasteiger partial charge in [0.2, 0.25) is 0 Å². The van der Waals surface area contributed by atoms with Crippen molar-refractivity contribution < 1.29 is 0 Å². The lowest BCUT2D eigenvalue weighted by atomic mass is 10.1. The van der Waals surface area contributed by atoms with E-state index in [2.05, 4.69) is 31.2 Å². The van der Waals surface area contributed by atoms with Crippen LogP contribution in [0, 0.1) is 6.92 Å². The van der Waals surface area contributed by atoms with Crippen LogP contribution < -0.4 is 0 Å². The molecule has 0 atom stereocenters. The largest absolute Gasteiger partial charge is 0.228 e. The summed E-state index contributed by atoms with van der Waals surface area (Å²) in [4.78, 5) is 10.6. The van der Waals surface area contributed by atoms with Crippen LogP contribution in [0.25, 0.3) is 22.3 Å². The Morgan fingerprint density at radius 2 is 1.52 bits per heavy atom. The first-order valence-electron chi connectivity index (χ1n) is 7.97. The lowest BCUT2D eigenvalue weighted by molar-refractivity contribution is 1.11. The summed E-state index contributed by atoms with van der Waals surface area (Å²) in [7, 11) is 0. The molecular weight excluding hydrogens is 348 g/mol. The third kappa shape index (κ3) is 3.39. The smallest absolute Gasteiger partial charge is 0.161 e. The monoisotopic (exact) mass is 362 g/mol. The molecular formula is C21H15ClN2S. The third-order valence-electron chi connectivity index (χ3n) is 3.92. The average molecular weight is 363 g/mol. The Morgan fingerprint density at radius 3 is 2.32 bits per heavy atom. The van der Waals surface area contributed by atoms with Crippen LogP contribution in [0.1, 0.15) is 5.56 Å². The van der Waals surface area contributed by atoms with E-state index in [1.165, 1.54) is 5.56 Å². The second-order valence-corrected chi connectivity index (χ2v) is 7.21. The fourth-order valence-corrected chi connectivity index (χ4v) is 3.78. The molecule has 1 heterocycles. The molecule has 4 heteroatoms. The molecule has 0 amide bonds. The molecule has 0 unspecified atom stereocenters. The first kappa shape index (κ1) is 16.1. The number of fused-ring (bicyclic) bond motifs is 1. The Morgan fingerprint density at radius 1 is 0.800 bits per heavy atom. The van der Waals surface area contributed by atoms with E-state index in [1.54, 1.807) is 11.8 Å². The number of rotatable bonds is 3. The van der Waals surface area contributed by atoms with Gasteiger partial charge in [-0.3, -0.25) is 0 Å². The quantitative estimate of drug-likeness (QED) is 0.394. The minimum atomic E-state index is 0.729. The molecule has 4 rings (SSSR count). The molecule has 0 spiro atoms. The Balaban J connectivity index is 1.87. The number of hydrogen-bond donors (Lipinski definition) is 0. The topological polar surface area (TPSA) is 25.8 Å². The predicted octanol–water partition coefficient (Wildman–Crippen LogP) is 6.41.